The van der Waals surface area contributed by atoms with Crippen LogP contribution in [0.1, 0.15) is 5.56 Å². The fourth-order valence-electron chi connectivity index (χ4n) is 2.73. The van der Waals surface area contributed by atoms with Crippen LogP contribution in [-0.4, -0.2) is 43.5 Å². The van der Waals surface area contributed by atoms with E-state index in [1.165, 1.54) is 28.0 Å². The number of halogens is 1. The van der Waals surface area contributed by atoms with Crippen LogP contribution in [0, 0.1) is 5.82 Å². The summed E-state index contributed by atoms with van der Waals surface area (Å²) in [5.41, 5.74) is 1.19. The number of hydrogen-bond acceptors (Lipinski definition) is 3. The third-order valence-corrected chi connectivity index (χ3v) is 4.02. The molecule has 2 aromatic rings. The topological polar surface area (TPSA) is 49.9 Å². The molecule has 1 aliphatic rings. The van der Waals surface area contributed by atoms with E-state index in [2.05, 4.69) is 0 Å². The van der Waals surface area contributed by atoms with E-state index in [1.54, 1.807) is 56.6 Å². The van der Waals surface area contributed by atoms with Gasteiger partial charge in [-0.1, -0.05) is 24.3 Å². The van der Waals surface area contributed by atoms with Crippen LogP contribution in [0.3, 0.4) is 0 Å². The molecule has 1 aliphatic heterocycles. The second-order valence-electron chi connectivity index (χ2n) is 6.14. The van der Waals surface area contributed by atoms with Crippen molar-refractivity contribution in [2.24, 2.45) is 0 Å². The fraction of sp³-hybridized carbons (Fsp3) is 0.200. The van der Waals surface area contributed by atoms with Gasteiger partial charge in [0, 0.05) is 20.2 Å². The average molecular weight is 354 g/mol. The van der Waals surface area contributed by atoms with Gasteiger partial charge in [0.2, 0.25) is 0 Å². The summed E-state index contributed by atoms with van der Waals surface area (Å²) in [5, 5.41) is 0. The Morgan fingerprint density at radius 3 is 2.69 bits per heavy atom. The van der Waals surface area contributed by atoms with Gasteiger partial charge in [0.15, 0.2) is 6.10 Å². The number of amides is 2. The van der Waals surface area contributed by atoms with Crippen molar-refractivity contribution >= 4 is 23.6 Å². The molecule has 6 heteroatoms. The number of hydrogen-bond donors (Lipinski definition) is 0. The maximum Gasteiger partial charge on any atom is 0.265 e. The monoisotopic (exact) mass is 354 g/mol. The molecule has 5 nitrogen and oxygen atoms in total. The lowest BCUT2D eigenvalue weighted by Gasteiger charge is -2.34. The van der Waals surface area contributed by atoms with Gasteiger partial charge >= 0.3 is 0 Å². The quantitative estimate of drug-likeness (QED) is 0.797. The Morgan fingerprint density at radius 1 is 1.19 bits per heavy atom. The highest BCUT2D eigenvalue weighted by molar-refractivity contribution is 6.05. The molecule has 0 saturated carbocycles. The second-order valence-corrected chi connectivity index (χ2v) is 6.14. The van der Waals surface area contributed by atoms with E-state index in [0.29, 0.717) is 17.0 Å². The average Bonchev–Trinajstić information content (AvgIpc) is 2.64. The zero-order valence-corrected chi connectivity index (χ0v) is 14.6. The van der Waals surface area contributed by atoms with Gasteiger partial charge in [0.25, 0.3) is 11.8 Å². The number of nitrogens with zero attached hydrogens (tertiary/aromatic N) is 2. The van der Waals surface area contributed by atoms with E-state index >= 15 is 0 Å². The highest BCUT2D eigenvalue weighted by Gasteiger charge is 2.33. The van der Waals surface area contributed by atoms with Crippen molar-refractivity contribution in [1.82, 2.24) is 4.90 Å². The van der Waals surface area contributed by atoms with Crippen LogP contribution in [0.5, 0.6) is 5.75 Å². The summed E-state index contributed by atoms with van der Waals surface area (Å²) < 4.78 is 19.0. The van der Waals surface area contributed by atoms with Crippen LogP contribution in [0.25, 0.3) is 6.08 Å². The van der Waals surface area contributed by atoms with E-state index in [4.69, 9.17) is 4.74 Å². The van der Waals surface area contributed by atoms with Gasteiger partial charge in [-0.25, -0.2) is 4.39 Å². The van der Waals surface area contributed by atoms with Gasteiger partial charge in [-0.05, 0) is 35.9 Å². The molecule has 0 radical (unpaired) electrons. The van der Waals surface area contributed by atoms with Gasteiger partial charge in [-0.15, -0.1) is 0 Å². The molecule has 2 amide bonds. The summed E-state index contributed by atoms with van der Waals surface area (Å²) >= 11 is 0. The van der Waals surface area contributed by atoms with Gasteiger partial charge in [0.05, 0.1) is 12.2 Å². The molecule has 1 unspecified atom stereocenters. The summed E-state index contributed by atoms with van der Waals surface area (Å²) in [4.78, 5) is 28.0. The first-order valence-corrected chi connectivity index (χ1v) is 8.17. The summed E-state index contributed by atoms with van der Waals surface area (Å²) in [6.07, 6.45) is 2.15. The first-order valence-electron chi connectivity index (χ1n) is 8.17. The van der Waals surface area contributed by atoms with Crippen molar-refractivity contribution in [1.29, 1.82) is 0 Å². The summed E-state index contributed by atoms with van der Waals surface area (Å²) in [6.45, 7) is 0.111. The fourth-order valence-corrected chi connectivity index (χ4v) is 2.73. The molecule has 3 rings (SSSR count). The molecule has 0 N–H and O–H groups in total. The Kier molecular flexibility index (Phi) is 5.02. The summed E-state index contributed by atoms with van der Waals surface area (Å²) in [6, 6.07) is 13.0. The molecule has 134 valence electrons. The predicted octanol–water partition coefficient (Wildman–Crippen LogP) is 2.72. The van der Waals surface area contributed by atoms with E-state index < -0.39 is 6.10 Å². The smallest absolute Gasteiger partial charge is 0.265 e. The van der Waals surface area contributed by atoms with Crippen molar-refractivity contribution in [2.45, 2.75) is 6.10 Å². The van der Waals surface area contributed by atoms with Crippen LogP contribution < -0.4 is 9.64 Å². The van der Waals surface area contributed by atoms with Crippen molar-refractivity contribution in [3.63, 3.8) is 0 Å². The molecule has 26 heavy (non-hydrogen) atoms. The highest BCUT2D eigenvalue weighted by atomic mass is 19.1. The SMILES string of the molecule is CN(C)C(=O)C1CN(C(=O)/C=C/c2cccc(F)c2)c2ccccc2O1. The summed E-state index contributed by atoms with van der Waals surface area (Å²) in [7, 11) is 3.28. The molecule has 1 atom stereocenters. The minimum Gasteiger partial charge on any atom is -0.476 e. The Labute approximate surface area is 151 Å². The third-order valence-electron chi connectivity index (χ3n) is 4.02. The third kappa shape index (κ3) is 3.74. The molecule has 0 aliphatic carbocycles. The molecule has 0 bridgehead atoms. The minimum atomic E-state index is -0.772. The van der Waals surface area contributed by atoms with Crippen LogP contribution >= 0.6 is 0 Å². The molecular formula is C20H19FN2O3. The highest BCUT2D eigenvalue weighted by Crippen LogP contribution is 2.33. The summed E-state index contributed by atoms with van der Waals surface area (Å²) in [5.74, 6) is -0.410. The number of likely N-dealkylation sites (N-methyl/N-ethyl adjacent to an activating group) is 1. The molecule has 2 aromatic carbocycles. The number of anilines is 1. The zero-order valence-electron chi connectivity index (χ0n) is 14.6. The standard InChI is InChI=1S/C20H19FN2O3/c1-22(2)20(25)18-13-23(16-8-3-4-9-17(16)26-18)19(24)11-10-14-6-5-7-15(21)12-14/h3-12,18H,13H2,1-2H3/b11-10+. The Balaban J connectivity index is 1.87. The van der Waals surface area contributed by atoms with Gasteiger partial charge < -0.3 is 14.5 Å². The molecule has 0 fully saturated rings. The van der Waals surface area contributed by atoms with Gasteiger partial charge in [-0.3, -0.25) is 9.59 Å². The largest absolute Gasteiger partial charge is 0.476 e. The Hall–Kier alpha value is -3.15. The molecular weight excluding hydrogens is 335 g/mol. The first-order chi connectivity index (χ1) is 12.5. The molecule has 1 heterocycles. The number of fused-ring (bicyclic) bond motifs is 1. The van der Waals surface area contributed by atoms with Crippen LogP contribution in [0.4, 0.5) is 10.1 Å². The molecule has 0 aromatic heterocycles. The van der Waals surface area contributed by atoms with Crippen LogP contribution in [0.2, 0.25) is 0 Å². The maximum absolute atomic E-state index is 13.3. The number of benzene rings is 2. The van der Waals surface area contributed by atoms with E-state index in [0.717, 1.165) is 0 Å². The maximum atomic E-state index is 13.3. The van der Waals surface area contributed by atoms with Gasteiger partial charge in [-0.2, -0.15) is 0 Å². The minimum absolute atomic E-state index is 0.111. The van der Waals surface area contributed by atoms with Crippen molar-refractivity contribution in [3.8, 4) is 5.75 Å². The molecule has 0 spiro atoms. The van der Waals surface area contributed by atoms with Crippen LogP contribution in [-0.2, 0) is 9.59 Å². The number of ether oxygens (including phenoxy) is 1. The lowest BCUT2D eigenvalue weighted by Crippen LogP contribution is -2.50. The number of carbonyl (C=O) groups excluding carboxylic acids is 2. The normalized spacial score (nSPS) is 16.1. The number of rotatable bonds is 3. The van der Waals surface area contributed by atoms with E-state index in [-0.39, 0.29) is 24.2 Å². The van der Waals surface area contributed by atoms with Crippen molar-refractivity contribution < 1.29 is 18.7 Å². The lowest BCUT2D eigenvalue weighted by atomic mass is 10.1. The Morgan fingerprint density at radius 2 is 1.96 bits per heavy atom. The van der Waals surface area contributed by atoms with Crippen LogP contribution in [0.15, 0.2) is 54.6 Å². The van der Waals surface area contributed by atoms with Gasteiger partial charge in [0.1, 0.15) is 11.6 Å². The first kappa shape index (κ1) is 17.7. The number of para-hydroxylation sites is 2. The molecule has 0 saturated heterocycles. The van der Waals surface area contributed by atoms with E-state index in [9.17, 15) is 14.0 Å². The van der Waals surface area contributed by atoms with Crippen molar-refractivity contribution in [3.05, 3.63) is 66.0 Å². The second kappa shape index (κ2) is 7.39. The lowest BCUT2D eigenvalue weighted by molar-refractivity contribution is -0.136. The predicted molar refractivity (Wildman–Crippen MR) is 97.3 cm³/mol. The number of carbonyl (C=O) groups is 2. The Bertz CT molecular complexity index is 864. The van der Waals surface area contributed by atoms with E-state index in [1.807, 2.05) is 0 Å². The van der Waals surface area contributed by atoms with Crippen molar-refractivity contribution in [2.75, 3.05) is 25.5 Å². The zero-order chi connectivity index (χ0) is 18.7.